The number of carbonyl (C=O) groups excluding carboxylic acids is 1. The van der Waals surface area contributed by atoms with Crippen molar-refractivity contribution in [2.75, 3.05) is 24.7 Å². The summed E-state index contributed by atoms with van der Waals surface area (Å²) in [5.41, 5.74) is 2.23. The number of halogens is 1. The fraction of sp³-hybridized carbons (Fsp3) is 0.400. The number of sulfonamides is 1. The van der Waals surface area contributed by atoms with Crippen molar-refractivity contribution in [3.05, 3.63) is 41.4 Å². The third-order valence-electron chi connectivity index (χ3n) is 5.32. The second kappa shape index (κ2) is 9.05. The van der Waals surface area contributed by atoms with Gasteiger partial charge in [0.1, 0.15) is 0 Å². The van der Waals surface area contributed by atoms with Gasteiger partial charge in [-0.05, 0) is 48.4 Å². The highest BCUT2D eigenvalue weighted by atomic mass is 35.5. The number of H-pyrrole nitrogens is 1. The molecule has 0 atom stereocenters. The Morgan fingerprint density at radius 2 is 2.13 bits per heavy atom. The molecular formula is C20H23ClN4O3S2. The maximum atomic E-state index is 13.1. The van der Waals surface area contributed by atoms with Gasteiger partial charge in [-0.3, -0.25) is 9.89 Å². The standard InChI is InChI=1S/C20H23ClN4O3S2/c21-6-2-10-30(27,28)25-7-4-16(5-8-25)23-20(26)17-12-14(18-3-1-9-29-18)11-15-13-22-24-19(15)17/h1,3,9,11-13,16H,2,4-8,10H2,(H,22,24)(H,23,26). The molecule has 3 aromatic rings. The van der Waals surface area contributed by atoms with E-state index >= 15 is 0 Å². The Labute approximate surface area is 184 Å². The van der Waals surface area contributed by atoms with Crippen molar-refractivity contribution in [1.82, 2.24) is 19.8 Å². The molecule has 2 N–H and O–H groups in total. The molecule has 3 heterocycles. The molecule has 160 valence electrons. The zero-order chi connectivity index (χ0) is 21.1. The van der Waals surface area contributed by atoms with E-state index in [0.29, 0.717) is 49.3 Å². The van der Waals surface area contributed by atoms with Crippen LogP contribution < -0.4 is 5.32 Å². The summed E-state index contributed by atoms with van der Waals surface area (Å²) in [5.74, 6) is 0.227. The molecular weight excluding hydrogens is 444 g/mol. The van der Waals surface area contributed by atoms with Gasteiger partial charge in [-0.25, -0.2) is 12.7 Å². The third-order valence-corrected chi connectivity index (χ3v) is 8.46. The number of hydrogen-bond donors (Lipinski definition) is 2. The van der Waals surface area contributed by atoms with Crippen LogP contribution in [0.4, 0.5) is 0 Å². The summed E-state index contributed by atoms with van der Waals surface area (Å²) in [6, 6.07) is 7.83. The zero-order valence-electron chi connectivity index (χ0n) is 16.3. The molecule has 0 radical (unpaired) electrons. The molecule has 1 aliphatic rings. The molecule has 1 aliphatic heterocycles. The van der Waals surface area contributed by atoms with Gasteiger partial charge in [0.15, 0.2) is 0 Å². The van der Waals surface area contributed by atoms with E-state index < -0.39 is 10.0 Å². The molecule has 30 heavy (non-hydrogen) atoms. The number of rotatable bonds is 7. The largest absolute Gasteiger partial charge is 0.349 e. The Balaban J connectivity index is 1.46. The molecule has 0 unspecified atom stereocenters. The van der Waals surface area contributed by atoms with E-state index in [1.54, 1.807) is 17.5 Å². The maximum Gasteiger partial charge on any atom is 0.253 e. The minimum Gasteiger partial charge on any atom is -0.349 e. The van der Waals surface area contributed by atoms with Crippen LogP contribution in [0.3, 0.4) is 0 Å². The minimum atomic E-state index is -3.28. The average molecular weight is 467 g/mol. The second-order valence-electron chi connectivity index (χ2n) is 7.34. The van der Waals surface area contributed by atoms with Crippen LogP contribution in [-0.4, -0.2) is 59.6 Å². The van der Waals surface area contributed by atoms with Crippen molar-refractivity contribution in [2.24, 2.45) is 0 Å². The number of hydrogen-bond acceptors (Lipinski definition) is 5. The van der Waals surface area contributed by atoms with E-state index in [2.05, 4.69) is 15.5 Å². The first-order chi connectivity index (χ1) is 14.5. The number of fused-ring (bicyclic) bond motifs is 1. The lowest BCUT2D eigenvalue weighted by Gasteiger charge is -2.31. The van der Waals surface area contributed by atoms with Crippen molar-refractivity contribution in [2.45, 2.75) is 25.3 Å². The third kappa shape index (κ3) is 4.54. The lowest BCUT2D eigenvalue weighted by molar-refractivity contribution is 0.0925. The Morgan fingerprint density at radius 3 is 2.83 bits per heavy atom. The summed E-state index contributed by atoms with van der Waals surface area (Å²) in [7, 11) is -3.28. The lowest BCUT2D eigenvalue weighted by atomic mass is 10.0. The quantitative estimate of drug-likeness (QED) is 0.521. The molecule has 1 amide bonds. The van der Waals surface area contributed by atoms with E-state index in [1.165, 1.54) is 4.31 Å². The van der Waals surface area contributed by atoms with Crippen LogP contribution in [0.1, 0.15) is 29.6 Å². The smallest absolute Gasteiger partial charge is 0.253 e. The fourth-order valence-corrected chi connectivity index (χ4v) is 6.27. The van der Waals surface area contributed by atoms with Gasteiger partial charge in [-0.2, -0.15) is 5.10 Å². The summed E-state index contributed by atoms with van der Waals surface area (Å²) in [4.78, 5) is 14.2. The van der Waals surface area contributed by atoms with Gasteiger partial charge in [0.25, 0.3) is 5.91 Å². The number of aromatic nitrogens is 2. The van der Waals surface area contributed by atoms with Crippen LogP contribution in [-0.2, 0) is 10.0 Å². The van der Waals surface area contributed by atoms with Gasteiger partial charge in [-0.1, -0.05) is 6.07 Å². The van der Waals surface area contributed by atoms with E-state index in [9.17, 15) is 13.2 Å². The number of thiophene rings is 1. The Bertz CT molecular complexity index is 1120. The van der Waals surface area contributed by atoms with Gasteiger partial charge < -0.3 is 5.32 Å². The van der Waals surface area contributed by atoms with Crippen molar-refractivity contribution >= 4 is 49.8 Å². The maximum absolute atomic E-state index is 13.1. The topological polar surface area (TPSA) is 95.2 Å². The summed E-state index contributed by atoms with van der Waals surface area (Å²) in [6.07, 6.45) is 3.33. The van der Waals surface area contributed by atoms with Gasteiger partial charge in [0.05, 0.1) is 23.0 Å². The van der Waals surface area contributed by atoms with Gasteiger partial charge in [0, 0.05) is 35.3 Å². The van der Waals surface area contributed by atoms with Crippen LogP contribution in [0.5, 0.6) is 0 Å². The van der Waals surface area contributed by atoms with Crippen molar-refractivity contribution in [1.29, 1.82) is 0 Å². The number of nitrogens with zero attached hydrogens (tertiary/aromatic N) is 2. The highest BCUT2D eigenvalue weighted by Gasteiger charge is 2.28. The minimum absolute atomic E-state index is 0.0691. The van der Waals surface area contributed by atoms with Crippen LogP contribution in [0.25, 0.3) is 21.3 Å². The second-order valence-corrected chi connectivity index (χ2v) is 10.8. The van der Waals surface area contributed by atoms with Crippen molar-refractivity contribution in [3.63, 3.8) is 0 Å². The first-order valence-corrected chi connectivity index (χ1v) is 12.9. The molecule has 2 aromatic heterocycles. The Kier molecular flexibility index (Phi) is 6.43. The molecule has 1 aromatic carbocycles. The summed E-state index contributed by atoms with van der Waals surface area (Å²) >= 11 is 7.24. The summed E-state index contributed by atoms with van der Waals surface area (Å²) in [6.45, 7) is 0.814. The van der Waals surface area contributed by atoms with Gasteiger partial charge >= 0.3 is 0 Å². The predicted octanol–water partition coefficient (Wildman–Crippen LogP) is 3.44. The highest BCUT2D eigenvalue weighted by Crippen LogP contribution is 2.30. The number of nitrogens with one attached hydrogen (secondary N) is 2. The lowest BCUT2D eigenvalue weighted by Crippen LogP contribution is -2.47. The normalized spacial score (nSPS) is 16.2. The highest BCUT2D eigenvalue weighted by molar-refractivity contribution is 7.89. The van der Waals surface area contributed by atoms with E-state index in [-0.39, 0.29) is 17.7 Å². The number of benzene rings is 1. The number of aromatic amines is 1. The monoisotopic (exact) mass is 466 g/mol. The number of alkyl halides is 1. The van der Waals surface area contributed by atoms with Crippen LogP contribution in [0, 0.1) is 0 Å². The van der Waals surface area contributed by atoms with Gasteiger partial charge in [0.2, 0.25) is 10.0 Å². The fourth-order valence-electron chi connectivity index (χ4n) is 3.73. The number of piperidine rings is 1. The first-order valence-electron chi connectivity index (χ1n) is 9.83. The zero-order valence-corrected chi connectivity index (χ0v) is 18.7. The van der Waals surface area contributed by atoms with Crippen molar-refractivity contribution in [3.8, 4) is 10.4 Å². The average Bonchev–Trinajstić information content (AvgIpc) is 3.43. The van der Waals surface area contributed by atoms with E-state index in [1.807, 2.05) is 29.6 Å². The summed E-state index contributed by atoms with van der Waals surface area (Å²) in [5, 5.41) is 13.0. The number of carbonyl (C=O) groups is 1. The molecule has 1 fully saturated rings. The van der Waals surface area contributed by atoms with E-state index in [4.69, 9.17) is 11.6 Å². The molecule has 4 rings (SSSR count). The SMILES string of the molecule is O=C(NC1CCN(S(=O)(=O)CCCCl)CC1)c1cc(-c2cccs2)cc2cn[nH]c12. The Morgan fingerprint density at radius 1 is 1.33 bits per heavy atom. The number of amides is 1. The summed E-state index contributed by atoms with van der Waals surface area (Å²) < 4.78 is 26.2. The van der Waals surface area contributed by atoms with Crippen LogP contribution in [0.2, 0.25) is 0 Å². The predicted molar refractivity (Wildman–Crippen MR) is 121 cm³/mol. The van der Waals surface area contributed by atoms with Crippen LogP contribution in [0.15, 0.2) is 35.8 Å². The molecule has 0 bridgehead atoms. The molecule has 7 nitrogen and oxygen atoms in total. The first kappa shape index (κ1) is 21.3. The van der Waals surface area contributed by atoms with Crippen LogP contribution >= 0.6 is 22.9 Å². The molecule has 0 saturated carbocycles. The molecule has 0 spiro atoms. The molecule has 10 heteroatoms. The molecule has 0 aliphatic carbocycles. The van der Waals surface area contributed by atoms with E-state index in [0.717, 1.165) is 15.8 Å². The van der Waals surface area contributed by atoms with Crippen molar-refractivity contribution < 1.29 is 13.2 Å². The molecule has 1 saturated heterocycles. The van der Waals surface area contributed by atoms with Gasteiger partial charge in [-0.15, -0.1) is 22.9 Å². The Hall–Kier alpha value is -1.94.